The number of amides is 1. The van der Waals surface area contributed by atoms with Crippen molar-refractivity contribution in [2.75, 3.05) is 19.8 Å². The highest BCUT2D eigenvalue weighted by molar-refractivity contribution is 5.75. The van der Waals surface area contributed by atoms with Crippen molar-refractivity contribution in [1.82, 2.24) is 15.5 Å². The van der Waals surface area contributed by atoms with Gasteiger partial charge in [-0.15, -0.1) is 0 Å². The number of carbonyl (C=O) groups excluding carboxylic acids is 1. The van der Waals surface area contributed by atoms with Crippen molar-refractivity contribution in [3.05, 3.63) is 35.5 Å². The summed E-state index contributed by atoms with van der Waals surface area (Å²) in [5.41, 5.74) is 1.10. The number of nitrogens with zero attached hydrogens (tertiary/aromatic N) is 2. The zero-order valence-corrected chi connectivity index (χ0v) is 17.1. The van der Waals surface area contributed by atoms with E-state index >= 15 is 0 Å². The van der Waals surface area contributed by atoms with Gasteiger partial charge in [-0.3, -0.25) is 4.79 Å². The first kappa shape index (κ1) is 21.7. The van der Waals surface area contributed by atoms with Crippen molar-refractivity contribution in [1.29, 1.82) is 0 Å². The Hall–Kier alpha value is -2.57. The maximum Gasteiger partial charge on any atom is 0.226 e. The molecule has 0 unspecified atom stereocenters. The van der Waals surface area contributed by atoms with Gasteiger partial charge in [0.2, 0.25) is 11.8 Å². The fraction of sp³-hybridized carbons (Fsp3) is 0.571. The highest BCUT2D eigenvalue weighted by atomic mass is 16.5. The Morgan fingerprint density at radius 1 is 1.07 bits per heavy atom. The molecule has 1 aromatic heterocycles. The predicted octanol–water partition coefficient (Wildman–Crippen LogP) is 3.50. The van der Waals surface area contributed by atoms with Gasteiger partial charge in [0, 0.05) is 25.8 Å². The number of ether oxygens (including phenoxy) is 2. The van der Waals surface area contributed by atoms with Crippen LogP contribution < -0.4 is 14.8 Å². The van der Waals surface area contributed by atoms with Gasteiger partial charge in [-0.2, -0.15) is 4.98 Å². The highest BCUT2D eigenvalue weighted by Crippen LogP contribution is 2.28. The van der Waals surface area contributed by atoms with Crippen LogP contribution in [0, 0.1) is 0 Å². The molecule has 2 aromatic rings. The first-order valence-corrected chi connectivity index (χ1v) is 10.1. The lowest BCUT2D eigenvalue weighted by molar-refractivity contribution is -0.121. The second-order valence-corrected chi connectivity index (χ2v) is 6.45. The number of aromatic nitrogens is 2. The van der Waals surface area contributed by atoms with E-state index in [-0.39, 0.29) is 5.91 Å². The van der Waals surface area contributed by atoms with Crippen LogP contribution in [0.5, 0.6) is 11.5 Å². The van der Waals surface area contributed by atoms with E-state index < -0.39 is 0 Å². The molecule has 0 aliphatic heterocycles. The largest absolute Gasteiger partial charge is 0.490 e. The van der Waals surface area contributed by atoms with Crippen LogP contribution in [0.15, 0.2) is 22.7 Å². The van der Waals surface area contributed by atoms with E-state index in [1.807, 2.05) is 32.0 Å². The molecule has 0 aliphatic carbocycles. The fourth-order valence-corrected chi connectivity index (χ4v) is 2.80. The van der Waals surface area contributed by atoms with E-state index in [0.717, 1.165) is 42.1 Å². The summed E-state index contributed by atoms with van der Waals surface area (Å²) in [5, 5.41) is 6.88. The molecule has 154 valence electrons. The molecule has 0 aliphatic rings. The SMILES string of the molecule is CCCc1noc(CCCC(=O)NCCc2ccc(OCC)c(OCC)c2)n1. The van der Waals surface area contributed by atoms with Gasteiger partial charge >= 0.3 is 0 Å². The van der Waals surface area contributed by atoms with Crippen LogP contribution in [0.25, 0.3) is 0 Å². The zero-order chi connectivity index (χ0) is 20.2. The topological polar surface area (TPSA) is 86.5 Å². The molecule has 0 radical (unpaired) electrons. The number of aryl methyl sites for hydroxylation is 2. The molecular weight excluding hydrogens is 358 g/mol. The van der Waals surface area contributed by atoms with Crippen LogP contribution in [0.2, 0.25) is 0 Å². The van der Waals surface area contributed by atoms with Gasteiger partial charge in [0.25, 0.3) is 0 Å². The Bertz CT molecular complexity index is 730. The van der Waals surface area contributed by atoms with Crippen LogP contribution >= 0.6 is 0 Å². The molecule has 0 saturated heterocycles. The third kappa shape index (κ3) is 7.21. The third-order valence-corrected chi connectivity index (χ3v) is 4.12. The quantitative estimate of drug-likeness (QED) is 0.564. The summed E-state index contributed by atoms with van der Waals surface area (Å²) >= 11 is 0. The predicted molar refractivity (Wildman–Crippen MR) is 107 cm³/mol. The van der Waals surface area contributed by atoms with Crippen LogP contribution in [0.4, 0.5) is 0 Å². The van der Waals surface area contributed by atoms with E-state index in [0.29, 0.717) is 44.9 Å². The van der Waals surface area contributed by atoms with Crippen LogP contribution in [-0.2, 0) is 24.1 Å². The molecule has 0 atom stereocenters. The second-order valence-electron chi connectivity index (χ2n) is 6.45. The Kier molecular flexibility index (Phi) is 9.31. The van der Waals surface area contributed by atoms with Crippen molar-refractivity contribution in [2.24, 2.45) is 0 Å². The average Bonchev–Trinajstić information content (AvgIpc) is 3.12. The molecule has 1 aromatic carbocycles. The first-order chi connectivity index (χ1) is 13.7. The van der Waals surface area contributed by atoms with Gasteiger partial charge in [0.15, 0.2) is 17.3 Å². The lowest BCUT2D eigenvalue weighted by Gasteiger charge is -2.12. The molecule has 28 heavy (non-hydrogen) atoms. The number of carbonyl (C=O) groups is 1. The number of hydrogen-bond acceptors (Lipinski definition) is 6. The summed E-state index contributed by atoms with van der Waals surface area (Å²) in [6, 6.07) is 5.90. The summed E-state index contributed by atoms with van der Waals surface area (Å²) in [7, 11) is 0. The molecular formula is C21H31N3O4. The normalized spacial score (nSPS) is 10.7. The highest BCUT2D eigenvalue weighted by Gasteiger charge is 2.09. The van der Waals surface area contributed by atoms with E-state index in [9.17, 15) is 4.79 Å². The number of hydrogen-bond donors (Lipinski definition) is 1. The van der Waals surface area contributed by atoms with Crippen molar-refractivity contribution < 1.29 is 18.8 Å². The van der Waals surface area contributed by atoms with E-state index in [2.05, 4.69) is 22.4 Å². The minimum atomic E-state index is 0.0317. The number of benzene rings is 1. The lowest BCUT2D eigenvalue weighted by Crippen LogP contribution is -2.25. The van der Waals surface area contributed by atoms with Gasteiger partial charge in [-0.1, -0.05) is 18.1 Å². The minimum Gasteiger partial charge on any atom is -0.490 e. The van der Waals surface area contributed by atoms with Gasteiger partial charge in [-0.05, 0) is 50.8 Å². The van der Waals surface area contributed by atoms with Gasteiger partial charge in [0.1, 0.15) is 0 Å². The molecule has 0 fully saturated rings. The minimum absolute atomic E-state index is 0.0317. The van der Waals surface area contributed by atoms with Gasteiger partial charge in [-0.25, -0.2) is 0 Å². The summed E-state index contributed by atoms with van der Waals surface area (Å²) in [4.78, 5) is 16.3. The summed E-state index contributed by atoms with van der Waals surface area (Å²) < 4.78 is 16.4. The Labute approximate surface area is 166 Å². The van der Waals surface area contributed by atoms with Gasteiger partial charge < -0.3 is 19.3 Å². The molecule has 1 amide bonds. The average molecular weight is 389 g/mol. The van der Waals surface area contributed by atoms with E-state index in [1.165, 1.54) is 0 Å². The molecule has 7 heteroatoms. The third-order valence-electron chi connectivity index (χ3n) is 4.12. The first-order valence-electron chi connectivity index (χ1n) is 10.1. The molecule has 1 N–H and O–H groups in total. The Balaban J connectivity index is 1.70. The Morgan fingerprint density at radius 2 is 1.86 bits per heavy atom. The fourth-order valence-electron chi connectivity index (χ4n) is 2.80. The van der Waals surface area contributed by atoms with Crippen LogP contribution in [0.1, 0.15) is 57.3 Å². The Morgan fingerprint density at radius 3 is 2.61 bits per heavy atom. The molecule has 7 nitrogen and oxygen atoms in total. The summed E-state index contributed by atoms with van der Waals surface area (Å²) in [5.74, 6) is 2.87. The number of nitrogens with one attached hydrogen (secondary N) is 1. The van der Waals surface area contributed by atoms with Crippen molar-refractivity contribution in [3.8, 4) is 11.5 Å². The summed E-state index contributed by atoms with van der Waals surface area (Å²) in [6.45, 7) is 7.73. The van der Waals surface area contributed by atoms with Crippen molar-refractivity contribution in [3.63, 3.8) is 0 Å². The van der Waals surface area contributed by atoms with E-state index in [4.69, 9.17) is 14.0 Å². The monoisotopic (exact) mass is 389 g/mol. The van der Waals surface area contributed by atoms with Gasteiger partial charge in [0.05, 0.1) is 13.2 Å². The van der Waals surface area contributed by atoms with Crippen LogP contribution in [0.3, 0.4) is 0 Å². The standard InChI is InChI=1S/C21H31N3O4/c1-4-8-19-23-21(28-24-19)10-7-9-20(25)22-14-13-16-11-12-17(26-5-2)18(15-16)27-6-3/h11-12,15H,4-10,13-14H2,1-3H3,(H,22,25). The number of rotatable bonds is 13. The molecule has 2 rings (SSSR count). The lowest BCUT2D eigenvalue weighted by atomic mass is 10.1. The zero-order valence-electron chi connectivity index (χ0n) is 17.1. The molecule has 0 saturated carbocycles. The summed E-state index contributed by atoms with van der Waals surface area (Å²) in [6.07, 6.45) is 4.31. The molecule has 0 spiro atoms. The maximum absolute atomic E-state index is 12.0. The molecule has 1 heterocycles. The molecule has 0 bridgehead atoms. The van der Waals surface area contributed by atoms with Crippen LogP contribution in [-0.4, -0.2) is 35.8 Å². The van der Waals surface area contributed by atoms with E-state index in [1.54, 1.807) is 0 Å². The maximum atomic E-state index is 12.0. The van der Waals surface area contributed by atoms with Crippen molar-refractivity contribution in [2.45, 2.75) is 59.3 Å². The smallest absolute Gasteiger partial charge is 0.226 e. The second kappa shape index (κ2) is 12.0. The van der Waals surface area contributed by atoms with Crippen molar-refractivity contribution >= 4 is 5.91 Å².